The number of amides is 1. The van der Waals surface area contributed by atoms with Crippen LogP contribution in [-0.4, -0.2) is 46.5 Å². The van der Waals surface area contributed by atoms with E-state index in [1.807, 2.05) is 35.8 Å². The molecule has 1 aliphatic rings. The Kier molecular flexibility index (Phi) is 3.66. The van der Waals surface area contributed by atoms with Crippen LogP contribution in [0.5, 0.6) is 0 Å². The van der Waals surface area contributed by atoms with Gasteiger partial charge in [0.15, 0.2) is 0 Å². The zero-order valence-electron chi connectivity index (χ0n) is 10.6. The standard InChI is InChI=1S/C12H20N4O/c1-3-4-11(17)15-7-9-16(10-8-15)12-13-5-6-14(12)2/h5-6H,3-4,7-10H2,1-2H3. The van der Waals surface area contributed by atoms with Crippen molar-refractivity contribution < 1.29 is 4.79 Å². The number of rotatable bonds is 3. The molecule has 2 heterocycles. The number of aromatic nitrogens is 2. The van der Waals surface area contributed by atoms with Crippen molar-refractivity contribution >= 4 is 11.9 Å². The van der Waals surface area contributed by atoms with Crippen molar-refractivity contribution in [2.45, 2.75) is 19.8 Å². The van der Waals surface area contributed by atoms with Gasteiger partial charge >= 0.3 is 0 Å². The highest BCUT2D eigenvalue weighted by atomic mass is 16.2. The Morgan fingerprint density at radius 1 is 1.35 bits per heavy atom. The number of hydrogen-bond donors (Lipinski definition) is 0. The largest absolute Gasteiger partial charge is 0.339 e. The maximum absolute atomic E-state index is 11.7. The van der Waals surface area contributed by atoms with Gasteiger partial charge in [-0.05, 0) is 6.42 Å². The SMILES string of the molecule is CCCC(=O)N1CCN(c2nccn2C)CC1. The quantitative estimate of drug-likeness (QED) is 0.782. The Hall–Kier alpha value is -1.52. The third kappa shape index (κ3) is 2.60. The first-order valence-electron chi connectivity index (χ1n) is 6.22. The number of carbonyl (C=O) groups excluding carboxylic acids is 1. The molecule has 1 fully saturated rings. The van der Waals surface area contributed by atoms with Crippen molar-refractivity contribution in [1.82, 2.24) is 14.5 Å². The van der Waals surface area contributed by atoms with E-state index in [2.05, 4.69) is 9.88 Å². The Balaban J connectivity index is 1.90. The van der Waals surface area contributed by atoms with Gasteiger partial charge in [0.1, 0.15) is 0 Å². The molecule has 94 valence electrons. The molecule has 0 spiro atoms. The van der Waals surface area contributed by atoms with E-state index < -0.39 is 0 Å². The summed E-state index contributed by atoms with van der Waals surface area (Å²) in [5.41, 5.74) is 0. The van der Waals surface area contributed by atoms with Gasteiger partial charge in [0, 0.05) is 52.0 Å². The van der Waals surface area contributed by atoms with Crippen LogP contribution < -0.4 is 4.90 Å². The first-order valence-corrected chi connectivity index (χ1v) is 6.22. The molecular formula is C12H20N4O. The molecule has 0 atom stereocenters. The average Bonchev–Trinajstić information content (AvgIpc) is 2.76. The second-order valence-electron chi connectivity index (χ2n) is 4.46. The molecule has 0 aromatic carbocycles. The van der Waals surface area contributed by atoms with Crippen LogP contribution in [0.1, 0.15) is 19.8 Å². The highest BCUT2D eigenvalue weighted by Crippen LogP contribution is 2.13. The molecule has 0 aliphatic carbocycles. The van der Waals surface area contributed by atoms with Crippen LogP contribution in [-0.2, 0) is 11.8 Å². The minimum Gasteiger partial charge on any atom is -0.339 e. The lowest BCUT2D eigenvalue weighted by Crippen LogP contribution is -2.49. The van der Waals surface area contributed by atoms with Gasteiger partial charge in [-0.25, -0.2) is 4.98 Å². The molecule has 0 saturated carbocycles. The number of nitrogens with zero attached hydrogens (tertiary/aromatic N) is 4. The van der Waals surface area contributed by atoms with Crippen LogP contribution in [0.15, 0.2) is 12.4 Å². The second-order valence-corrected chi connectivity index (χ2v) is 4.46. The van der Waals surface area contributed by atoms with E-state index in [9.17, 15) is 4.79 Å². The monoisotopic (exact) mass is 236 g/mol. The van der Waals surface area contributed by atoms with Crippen molar-refractivity contribution in [3.63, 3.8) is 0 Å². The molecular weight excluding hydrogens is 216 g/mol. The number of anilines is 1. The Morgan fingerprint density at radius 3 is 2.59 bits per heavy atom. The maximum atomic E-state index is 11.7. The first-order chi connectivity index (χ1) is 8.22. The van der Waals surface area contributed by atoms with E-state index in [0.29, 0.717) is 6.42 Å². The van der Waals surface area contributed by atoms with Crippen molar-refractivity contribution in [2.75, 3.05) is 31.1 Å². The third-order valence-corrected chi connectivity index (χ3v) is 3.17. The van der Waals surface area contributed by atoms with E-state index in [1.165, 1.54) is 0 Å². The van der Waals surface area contributed by atoms with Gasteiger partial charge in [-0.3, -0.25) is 4.79 Å². The number of carbonyl (C=O) groups is 1. The Morgan fingerprint density at radius 2 is 2.06 bits per heavy atom. The van der Waals surface area contributed by atoms with Gasteiger partial charge in [-0.1, -0.05) is 6.92 Å². The molecule has 0 bridgehead atoms. The summed E-state index contributed by atoms with van der Waals surface area (Å²) in [5, 5.41) is 0. The summed E-state index contributed by atoms with van der Waals surface area (Å²) < 4.78 is 2.02. The minimum atomic E-state index is 0.284. The molecule has 5 nitrogen and oxygen atoms in total. The van der Waals surface area contributed by atoms with Gasteiger partial charge in [0.05, 0.1) is 0 Å². The highest BCUT2D eigenvalue weighted by Gasteiger charge is 2.22. The lowest BCUT2D eigenvalue weighted by Gasteiger charge is -2.35. The van der Waals surface area contributed by atoms with Gasteiger partial charge < -0.3 is 14.4 Å². The fraction of sp³-hybridized carbons (Fsp3) is 0.667. The summed E-state index contributed by atoms with van der Waals surface area (Å²) in [4.78, 5) is 20.3. The Labute approximate surface area is 102 Å². The van der Waals surface area contributed by atoms with Crippen molar-refractivity contribution in [2.24, 2.45) is 7.05 Å². The van der Waals surface area contributed by atoms with E-state index in [0.717, 1.165) is 38.5 Å². The normalized spacial score (nSPS) is 16.4. The first kappa shape index (κ1) is 12.0. The Bertz CT molecular complexity index is 380. The zero-order valence-corrected chi connectivity index (χ0v) is 10.6. The topological polar surface area (TPSA) is 41.4 Å². The van der Waals surface area contributed by atoms with E-state index >= 15 is 0 Å². The lowest BCUT2D eigenvalue weighted by atomic mass is 10.2. The maximum Gasteiger partial charge on any atom is 0.222 e. The van der Waals surface area contributed by atoms with Crippen LogP contribution in [0, 0.1) is 0 Å². The number of aryl methyl sites for hydroxylation is 1. The molecule has 1 amide bonds. The third-order valence-electron chi connectivity index (χ3n) is 3.17. The van der Waals surface area contributed by atoms with Crippen LogP contribution in [0.4, 0.5) is 5.95 Å². The molecule has 2 rings (SSSR count). The van der Waals surface area contributed by atoms with Gasteiger partial charge in [0.2, 0.25) is 11.9 Å². The van der Waals surface area contributed by atoms with Crippen molar-refractivity contribution in [1.29, 1.82) is 0 Å². The van der Waals surface area contributed by atoms with Gasteiger partial charge in [-0.15, -0.1) is 0 Å². The molecule has 0 radical (unpaired) electrons. The smallest absolute Gasteiger partial charge is 0.222 e. The highest BCUT2D eigenvalue weighted by molar-refractivity contribution is 5.76. The zero-order chi connectivity index (χ0) is 12.3. The summed E-state index contributed by atoms with van der Waals surface area (Å²) in [5.74, 6) is 1.28. The van der Waals surface area contributed by atoms with Crippen LogP contribution in [0.3, 0.4) is 0 Å². The molecule has 17 heavy (non-hydrogen) atoms. The molecule has 1 aromatic rings. The average molecular weight is 236 g/mol. The van der Waals surface area contributed by atoms with Crippen molar-refractivity contribution in [3.8, 4) is 0 Å². The summed E-state index contributed by atoms with van der Waals surface area (Å²) in [6.45, 7) is 5.42. The molecule has 1 aromatic heterocycles. The van der Waals surface area contributed by atoms with Crippen LogP contribution in [0.2, 0.25) is 0 Å². The minimum absolute atomic E-state index is 0.284. The van der Waals surface area contributed by atoms with E-state index in [4.69, 9.17) is 0 Å². The molecule has 1 saturated heterocycles. The van der Waals surface area contributed by atoms with Crippen molar-refractivity contribution in [3.05, 3.63) is 12.4 Å². The number of hydrogen-bond acceptors (Lipinski definition) is 3. The number of imidazole rings is 1. The molecule has 0 N–H and O–H groups in total. The summed E-state index contributed by atoms with van der Waals surface area (Å²) in [7, 11) is 2.00. The van der Waals surface area contributed by atoms with Gasteiger partial charge in [-0.2, -0.15) is 0 Å². The summed E-state index contributed by atoms with van der Waals surface area (Å²) >= 11 is 0. The van der Waals surface area contributed by atoms with E-state index in [1.54, 1.807) is 0 Å². The van der Waals surface area contributed by atoms with Gasteiger partial charge in [0.25, 0.3) is 0 Å². The second kappa shape index (κ2) is 5.21. The molecule has 1 aliphatic heterocycles. The lowest BCUT2D eigenvalue weighted by molar-refractivity contribution is -0.131. The van der Waals surface area contributed by atoms with Crippen LogP contribution in [0.25, 0.3) is 0 Å². The molecule has 0 unspecified atom stereocenters. The predicted molar refractivity (Wildman–Crippen MR) is 66.9 cm³/mol. The number of piperazine rings is 1. The fourth-order valence-electron chi connectivity index (χ4n) is 2.19. The predicted octanol–water partition coefficient (Wildman–Crippen LogP) is 0.869. The fourth-order valence-corrected chi connectivity index (χ4v) is 2.19. The van der Waals surface area contributed by atoms with E-state index in [-0.39, 0.29) is 5.91 Å². The molecule has 5 heteroatoms. The van der Waals surface area contributed by atoms with Crippen LogP contribution >= 0.6 is 0 Å². The summed E-state index contributed by atoms with van der Waals surface area (Å²) in [6.07, 6.45) is 5.36. The summed E-state index contributed by atoms with van der Waals surface area (Å²) in [6, 6.07) is 0.